The number of rotatable bonds is 4. The number of hydrogen-bond donors (Lipinski definition) is 1. The zero-order valence-corrected chi connectivity index (χ0v) is 14.2. The lowest BCUT2D eigenvalue weighted by molar-refractivity contribution is -0.131. The number of carbonyl (C=O) groups is 2. The fraction of sp³-hybridized carbons (Fsp3) is 0.333. The third kappa shape index (κ3) is 2.82. The van der Waals surface area contributed by atoms with E-state index in [1.54, 1.807) is 55.7 Å². The average molecular weight is 340 g/mol. The average Bonchev–Trinajstić information content (AvgIpc) is 3.13. The normalized spacial score (nSPS) is 19.5. The van der Waals surface area contributed by atoms with Gasteiger partial charge in [-0.1, -0.05) is 0 Å². The van der Waals surface area contributed by atoms with Gasteiger partial charge < -0.3 is 15.0 Å². The van der Waals surface area contributed by atoms with Gasteiger partial charge in [0, 0.05) is 31.5 Å². The molecule has 1 aliphatic rings. The Morgan fingerprint density at radius 1 is 1.24 bits per heavy atom. The Bertz CT molecular complexity index is 764. The van der Waals surface area contributed by atoms with Crippen molar-refractivity contribution in [2.45, 2.75) is 18.4 Å². The molecule has 0 radical (unpaired) electrons. The van der Waals surface area contributed by atoms with Crippen LogP contribution in [0, 0.1) is 0 Å². The summed E-state index contributed by atoms with van der Waals surface area (Å²) in [5.41, 5.74) is -0.159. The quantitative estimate of drug-likeness (QED) is 0.908. The van der Waals surface area contributed by atoms with E-state index in [0.717, 1.165) is 0 Å². The second kappa shape index (κ2) is 6.88. The molecule has 0 spiro atoms. The largest absolute Gasteiger partial charge is 0.497 e. The molecule has 2 heterocycles. The maximum absolute atomic E-state index is 13.1. The minimum absolute atomic E-state index is 0.214. The molecular weight excluding hydrogens is 320 g/mol. The Labute approximate surface area is 146 Å². The van der Waals surface area contributed by atoms with Gasteiger partial charge in [0.25, 0.3) is 11.8 Å². The van der Waals surface area contributed by atoms with Crippen LogP contribution in [0.15, 0.2) is 42.9 Å². The van der Waals surface area contributed by atoms with Gasteiger partial charge in [-0.3, -0.25) is 19.6 Å². The van der Waals surface area contributed by atoms with Crippen LogP contribution in [-0.2, 0) is 10.3 Å². The van der Waals surface area contributed by atoms with Crippen molar-refractivity contribution in [1.82, 2.24) is 20.2 Å². The van der Waals surface area contributed by atoms with E-state index < -0.39 is 5.54 Å². The smallest absolute Gasteiger partial charge is 0.255 e. The van der Waals surface area contributed by atoms with Crippen LogP contribution in [0.4, 0.5) is 0 Å². The fourth-order valence-electron chi connectivity index (χ4n) is 3.32. The maximum Gasteiger partial charge on any atom is 0.255 e. The van der Waals surface area contributed by atoms with Crippen molar-refractivity contribution in [3.05, 3.63) is 54.1 Å². The highest BCUT2D eigenvalue weighted by Crippen LogP contribution is 2.39. The van der Waals surface area contributed by atoms with Gasteiger partial charge in [-0.15, -0.1) is 0 Å². The Balaban J connectivity index is 2.03. The molecule has 130 valence electrons. The van der Waals surface area contributed by atoms with Gasteiger partial charge in [0.15, 0.2) is 5.54 Å². The van der Waals surface area contributed by atoms with E-state index in [9.17, 15) is 9.59 Å². The van der Waals surface area contributed by atoms with Crippen molar-refractivity contribution in [2.75, 3.05) is 20.7 Å². The van der Waals surface area contributed by atoms with Crippen LogP contribution in [0.5, 0.6) is 5.75 Å². The number of likely N-dealkylation sites (tertiary alicyclic amines) is 1. The topological polar surface area (TPSA) is 84.4 Å². The van der Waals surface area contributed by atoms with E-state index in [4.69, 9.17) is 4.74 Å². The van der Waals surface area contributed by atoms with E-state index in [-0.39, 0.29) is 11.8 Å². The molecule has 0 aliphatic carbocycles. The molecule has 3 rings (SSSR count). The molecule has 1 aromatic carbocycles. The van der Waals surface area contributed by atoms with Gasteiger partial charge in [0.1, 0.15) is 5.75 Å². The summed E-state index contributed by atoms with van der Waals surface area (Å²) in [7, 11) is 3.14. The summed E-state index contributed by atoms with van der Waals surface area (Å²) in [6, 6.07) is 6.86. The molecule has 1 aromatic heterocycles. The van der Waals surface area contributed by atoms with Crippen molar-refractivity contribution in [2.24, 2.45) is 0 Å². The second-order valence-corrected chi connectivity index (χ2v) is 5.82. The highest BCUT2D eigenvalue weighted by atomic mass is 16.5. The van der Waals surface area contributed by atoms with Gasteiger partial charge in [0.2, 0.25) is 0 Å². The summed E-state index contributed by atoms with van der Waals surface area (Å²) in [6.45, 7) is 0.481. The molecule has 25 heavy (non-hydrogen) atoms. The van der Waals surface area contributed by atoms with Crippen molar-refractivity contribution >= 4 is 11.8 Å². The zero-order chi connectivity index (χ0) is 17.9. The molecule has 2 aromatic rings. The van der Waals surface area contributed by atoms with Crippen LogP contribution in [0.3, 0.4) is 0 Å². The molecule has 0 saturated carbocycles. The maximum atomic E-state index is 13.1. The van der Waals surface area contributed by atoms with E-state index >= 15 is 0 Å². The minimum atomic E-state index is -1.14. The van der Waals surface area contributed by atoms with Gasteiger partial charge in [-0.05, 0) is 37.1 Å². The molecule has 1 fully saturated rings. The summed E-state index contributed by atoms with van der Waals surface area (Å²) in [5.74, 6) is 0.200. The molecule has 7 heteroatoms. The predicted molar refractivity (Wildman–Crippen MR) is 91.0 cm³/mol. The SMILES string of the molecule is CNC(=O)[C@]1(c2cnccn2)CCCN1C(=O)c1ccc(OC)cc1. The van der Waals surface area contributed by atoms with Crippen LogP contribution >= 0.6 is 0 Å². The van der Waals surface area contributed by atoms with E-state index in [2.05, 4.69) is 15.3 Å². The molecule has 1 atom stereocenters. The number of nitrogens with zero attached hydrogens (tertiary/aromatic N) is 3. The Morgan fingerprint density at radius 2 is 2.00 bits per heavy atom. The lowest BCUT2D eigenvalue weighted by atomic mass is 9.90. The first-order valence-electron chi connectivity index (χ1n) is 8.08. The molecule has 1 saturated heterocycles. The standard InChI is InChI=1S/C18H20N4O3/c1-19-17(24)18(15-12-20-9-10-21-15)8-3-11-22(18)16(23)13-4-6-14(25-2)7-5-13/h4-7,9-10,12H,3,8,11H2,1-2H3,(H,19,24)/t18-/m1/s1. The summed E-state index contributed by atoms with van der Waals surface area (Å²) in [4.78, 5) is 35.9. The number of likely N-dealkylation sites (N-methyl/N-ethyl adjacent to an activating group) is 1. The van der Waals surface area contributed by atoms with Crippen LogP contribution in [0.1, 0.15) is 28.9 Å². The first kappa shape index (κ1) is 16.9. The number of hydrogen-bond acceptors (Lipinski definition) is 5. The van der Waals surface area contributed by atoms with E-state index in [1.165, 1.54) is 6.20 Å². The Hall–Kier alpha value is -2.96. The van der Waals surface area contributed by atoms with Crippen LogP contribution in [0.25, 0.3) is 0 Å². The molecular formula is C18H20N4O3. The number of aromatic nitrogens is 2. The summed E-state index contributed by atoms with van der Waals surface area (Å²) in [6.07, 6.45) is 5.86. The number of methoxy groups -OCH3 is 1. The van der Waals surface area contributed by atoms with E-state index in [1.807, 2.05) is 0 Å². The summed E-state index contributed by atoms with van der Waals surface area (Å²) < 4.78 is 5.13. The van der Waals surface area contributed by atoms with Crippen LogP contribution in [-0.4, -0.2) is 47.4 Å². The highest BCUT2D eigenvalue weighted by Gasteiger charge is 2.52. The number of benzene rings is 1. The molecule has 1 aliphatic heterocycles. The number of nitrogens with one attached hydrogen (secondary N) is 1. The first-order valence-corrected chi connectivity index (χ1v) is 8.08. The van der Waals surface area contributed by atoms with Gasteiger partial charge in [0.05, 0.1) is 19.0 Å². The number of carbonyl (C=O) groups excluding carboxylic acids is 2. The van der Waals surface area contributed by atoms with Crippen molar-refractivity contribution in [1.29, 1.82) is 0 Å². The molecule has 0 unspecified atom stereocenters. The minimum Gasteiger partial charge on any atom is -0.497 e. The fourth-order valence-corrected chi connectivity index (χ4v) is 3.32. The number of amides is 2. The molecule has 7 nitrogen and oxygen atoms in total. The van der Waals surface area contributed by atoms with Gasteiger partial charge in [-0.2, -0.15) is 0 Å². The van der Waals surface area contributed by atoms with Crippen LogP contribution in [0.2, 0.25) is 0 Å². The summed E-state index contributed by atoms with van der Waals surface area (Å²) >= 11 is 0. The zero-order valence-electron chi connectivity index (χ0n) is 14.2. The van der Waals surface area contributed by atoms with E-state index in [0.29, 0.717) is 36.4 Å². The number of ether oxygens (including phenoxy) is 1. The molecule has 1 N–H and O–H groups in total. The highest BCUT2D eigenvalue weighted by molar-refractivity contribution is 6.00. The third-order valence-corrected chi connectivity index (χ3v) is 4.55. The molecule has 0 bridgehead atoms. The lowest BCUT2D eigenvalue weighted by Gasteiger charge is -2.36. The Kier molecular flexibility index (Phi) is 4.65. The van der Waals surface area contributed by atoms with Gasteiger partial charge >= 0.3 is 0 Å². The lowest BCUT2D eigenvalue weighted by Crippen LogP contribution is -2.54. The van der Waals surface area contributed by atoms with Gasteiger partial charge in [-0.25, -0.2) is 0 Å². The van der Waals surface area contributed by atoms with Crippen molar-refractivity contribution in [3.63, 3.8) is 0 Å². The van der Waals surface area contributed by atoms with Crippen LogP contribution < -0.4 is 10.1 Å². The van der Waals surface area contributed by atoms with Crippen molar-refractivity contribution < 1.29 is 14.3 Å². The summed E-state index contributed by atoms with van der Waals surface area (Å²) in [5, 5.41) is 2.68. The monoisotopic (exact) mass is 340 g/mol. The first-order chi connectivity index (χ1) is 12.1. The second-order valence-electron chi connectivity index (χ2n) is 5.82. The predicted octanol–water partition coefficient (Wildman–Crippen LogP) is 1.36. The third-order valence-electron chi connectivity index (χ3n) is 4.55. The molecule has 2 amide bonds. The Morgan fingerprint density at radius 3 is 2.60 bits per heavy atom. The van der Waals surface area contributed by atoms with Crippen molar-refractivity contribution in [3.8, 4) is 5.75 Å².